The summed E-state index contributed by atoms with van der Waals surface area (Å²) in [5.74, 6) is 0.300. The molecule has 1 aliphatic heterocycles. The number of carbonyl (C=O) groups excluding carboxylic acids is 1. The number of nitrogens with one attached hydrogen (secondary N) is 1. The van der Waals surface area contributed by atoms with E-state index >= 15 is 0 Å². The standard InChI is InChI=1S/C23H34N4O2/c1-6-18(22(24)29-5)11-10-17(2)26(4)21-16-19(12-13-20(21)25-3)23(28)27-14-8-7-9-15-27/h11-13,16-17,24H,3,6-10,14-15H2,1-2,4-5H3/b18-11+,24-22?. The molecule has 0 saturated carbocycles. The van der Waals surface area contributed by atoms with Crippen LogP contribution >= 0.6 is 0 Å². The second-order valence-electron chi connectivity index (χ2n) is 7.53. The van der Waals surface area contributed by atoms with E-state index in [1.54, 1.807) is 0 Å². The number of carbonyl (C=O) groups is 1. The zero-order valence-electron chi connectivity index (χ0n) is 18.2. The highest BCUT2D eigenvalue weighted by molar-refractivity contribution is 5.96. The summed E-state index contributed by atoms with van der Waals surface area (Å²) >= 11 is 0. The van der Waals surface area contributed by atoms with Gasteiger partial charge in [-0.3, -0.25) is 15.2 Å². The van der Waals surface area contributed by atoms with Crippen LogP contribution in [0, 0.1) is 5.41 Å². The lowest BCUT2D eigenvalue weighted by Crippen LogP contribution is -2.35. The summed E-state index contributed by atoms with van der Waals surface area (Å²) in [5.41, 5.74) is 3.24. The van der Waals surface area contributed by atoms with Crippen molar-refractivity contribution in [1.29, 1.82) is 5.41 Å². The molecule has 1 fully saturated rings. The average Bonchev–Trinajstić information content (AvgIpc) is 2.78. The number of nitrogens with zero attached hydrogens (tertiary/aromatic N) is 3. The van der Waals surface area contributed by atoms with Gasteiger partial charge in [-0.2, -0.15) is 0 Å². The van der Waals surface area contributed by atoms with Crippen molar-refractivity contribution in [3.8, 4) is 0 Å². The molecular formula is C23H34N4O2. The third-order valence-corrected chi connectivity index (χ3v) is 5.66. The van der Waals surface area contributed by atoms with E-state index in [0.29, 0.717) is 5.56 Å². The summed E-state index contributed by atoms with van der Waals surface area (Å²) in [6.45, 7) is 9.49. The maximum absolute atomic E-state index is 12.9. The smallest absolute Gasteiger partial charge is 0.253 e. The number of piperidine rings is 1. The first-order valence-electron chi connectivity index (χ1n) is 10.4. The lowest BCUT2D eigenvalue weighted by atomic mass is 10.1. The van der Waals surface area contributed by atoms with Crippen LogP contribution in [0.5, 0.6) is 0 Å². The number of rotatable bonds is 8. The van der Waals surface area contributed by atoms with Crippen molar-refractivity contribution in [3.05, 3.63) is 35.4 Å². The number of ether oxygens (including phenoxy) is 1. The van der Waals surface area contributed by atoms with Gasteiger partial charge in [0.15, 0.2) is 0 Å². The monoisotopic (exact) mass is 398 g/mol. The molecule has 1 aromatic carbocycles. The number of benzene rings is 1. The van der Waals surface area contributed by atoms with E-state index < -0.39 is 0 Å². The minimum atomic E-state index is 0.0873. The first-order chi connectivity index (χ1) is 13.9. The van der Waals surface area contributed by atoms with Gasteiger partial charge >= 0.3 is 0 Å². The largest absolute Gasteiger partial charge is 0.481 e. The van der Waals surface area contributed by atoms with Crippen molar-refractivity contribution in [2.75, 3.05) is 32.1 Å². The van der Waals surface area contributed by atoms with Crippen LogP contribution in [0.4, 0.5) is 11.4 Å². The Morgan fingerprint density at radius 3 is 2.66 bits per heavy atom. The molecule has 0 aliphatic carbocycles. The molecule has 1 unspecified atom stereocenters. The SMILES string of the molecule is C=Nc1ccc(C(=O)N2CCCCC2)cc1N(C)C(C)C/C=C(\CC)C(=N)OC. The molecule has 29 heavy (non-hydrogen) atoms. The van der Waals surface area contributed by atoms with Crippen LogP contribution in [0.25, 0.3) is 0 Å². The number of likely N-dealkylation sites (tertiary alicyclic amines) is 1. The molecule has 0 bridgehead atoms. The molecule has 0 radical (unpaired) electrons. The fourth-order valence-corrected chi connectivity index (χ4v) is 3.59. The van der Waals surface area contributed by atoms with Crippen molar-refractivity contribution in [2.45, 2.75) is 52.0 Å². The van der Waals surface area contributed by atoms with Crippen LogP contribution in [0.2, 0.25) is 0 Å². The summed E-state index contributed by atoms with van der Waals surface area (Å²) in [5, 5.41) is 7.88. The predicted octanol–water partition coefficient (Wildman–Crippen LogP) is 4.82. The van der Waals surface area contributed by atoms with Gasteiger partial charge in [-0.15, -0.1) is 0 Å². The van der Waals surface area contributed by atoms with E-state index in [1.807, 2.05) is 37.1 Å². The first-order valence-corrected chi connectivity index (χ1v) is 10.4. The maximum atomic E-state index is 12.9. The Morgan fingerprint density at radius 2 is 2.07 bits per heavy atom. The Bertz CT molecular complexity index is 766. The van der Waals surface area contributed by atoms with Crippen molar-refractivity contribution in [3.63, 3.8) is 0 Å². The fourth-order valence-electron chi connectivity index (χ4n) is 3.59. The highest BCUT2D eigenvalue weighted by Crippen LogP contribution is 2.31. The molecule has 1 atom stereocenters. The van der Waals surface area contributed by atoms with Gasteiger partial charge in [-0.25, -0.2) is 0 Å². The number of aliphatic imine (C=N–C) groups is 1. The van der Waals surface area contributed by atoms with E-state index in [4.69, 9.17) is 10.1 Å². The Kier molecular flexibility index (Phi) is 8.43. The highest BCUT2D eigenvalue weighted by atomic mass is 16.5. The third kappa shape index (κ3) is 5.68. The van der Waals surface area contributed by atoms with Crippen molar-refractivity contribution in [1.82, 2.24) is 4.90 Å². The van der Waals surface area contributed by atoms with E-state index in [0.717, 1.165) is 55.7 Å². The molecule has 2 rings (SSSR count). The number of hydrogen-bond acceptors (Lipinski definition) is 5. The maximum Gasteiger partial charge on any atom is 0.253 e. The molecule has 1 heterocycles. The normalized spacial score (nSPS) is 15.6. The van der Waals surface area contributed by atoms with Crippen LogP contribution in [0.15, 0.2) is 34.8 Å². The van der Waals surface area contributed by atoms with Crippen molar-refractivity contribution in [2.24, 2.45) is 4.99 Å². The number of amides is 1. The molecule has 6 nitrogen and oxygen atoms in total. The van der Waals surface area contributed by atoms with Gasteiger partial charge in [0, 0.05) is 37.3 Å². The zero-order chi connectivity index (χ0) is 21.4. The van der Waals surface area contributed by atoms with E-state index in [1.165, 1.54) is 13.5 Å². The van der Waals surface area contributed by atoms with E-state index in [9.17, 15) is 4.79 Å². The predicted molar refractivity (Wildman–Crippen MR) is 121 cm³/mol. The van der Waals surface area contributed by atoms with Crippen LogP contribution < -0.4 is 4.90 Å². The van der Waals surface area contributed by atoms with Crippen LogP contribution in [-0.2, 0) is 4.74 Å². The number of anilines is 1. The summed E-state index contributed by atoms with van der Waals surface area (Å²) in [4.78, 5) is 21.1. The topological polar surface area (TPSA) is 69.0 Å². The highest BCUT2D eigenvalue weighted by Gasteiger charge is 2.21. The van der Waals surface area contributed by atoms with E-state index in [2.05, 4.69) is 29.6 Å². The fraction of sp³-hybridized carbons (Fsp3) is 0.522. The van der Waals surface area contributed by atoms with Gasteiger partial charge < -0.3 is 14.5 Å². The second kappa shape index (κ2) is 10.8. The molecule has 1 saturated heterocycles. The Hall–Kier alpha value is -2.63. The molecule has 0 spiro atoms. The molecule has 1 amide bonds. The average molecular weight is 399 g/mol. The Balaban J connectivity index is 2.22. The molecule has 1 aliphatic rings. The van der Waals surface area contributed by atoms with Gasteiger partial charge in [0.05, 0.1) is 18.5 Å². The summed E-state index contributed by atoms with van der Waals surface area (Å²) in [6.07, 6.45) is 6.91. The van der Waals surface area contributed by atoms with Crippen LogP contribution in [0.3, 0.4) is 0 Å². The Labute approximate surface area is 174 Å². The number of hydrogen-bond donors (Lipinski definition) is 1. The van der Waals surface area contributed by atoms with Gasteiger partial charge in [0.25, 0.3) is 5.91 Å². The minimum absolute atomic E-state index is 0.0873. The molecular weight excluding hydrogens is 364 g/mol. The summed E-state index contributed by atoms with van der Waals surface area (Å²) < 4.78 is 5.05. The Morgan fingerprint density at radius 1 is 1.38 bits per heavy atom. The summed E-state index contributed by atoms with van der Waals surface area (Å²) in [6, 6.07) is 5.80. The van der Waals surface area contributed by atoms with Crippen LogP contribution in [0.1, 0.15) is 56.3 Å². The number of methoxy groups -OCH3 is 1. The first kappa shape index (κ1) is 22.7. The van der Waals surface area contributed by atoms with Gasteiger partial charge in [0.2, 0.25) is 5.90 Å². The van der Waals surface area contributed by atoms with Crippen LogP contribution in [-0.4, -0.2) is 56.7 Å². The quantitative estimate of drug-likeness (QED) is 0.504. The molecule has 158 valence electrons. The second-order valence-corrected chi connectivity index (χ2v) is 7.53. The molecule has 1 N–H and O–H groups in total. The lowest BCUT2D eigenvalue weighted by molar-refractivity contribution is 0.0724. The van der Waals surface area contributed by atoms with Gasteiger partial charge in [-0.1, -0.05) is 13.0 Å². The molecule has 0 aromatic heterocycles. The third-order valence-electron chi connectivity index (χ3n) is 5.66. The van der Waals surface area contributed by atoms with Gasteiger partial charge in [0.1, 0.15) is 0 Å². The zero-order valence-corrected chi connectivity index (χ0v) is 18.2. The molecule has 6 heteroatoms. The lowest BCUT2D eigenvalue weighted by Gasteiger charge is -2.30. The van der Waals surface area contributed by atoms with Crippen molar-refractivity contribution < 1.29 is 9.53 Å². The van der Waals surface area contributed by atoms with Crippen molar-refractivity contribution >= 4 is 29.9 Å². The minimum Gasteiger partial charge on any atom is -0.481 e. The van der Waals surface area contributed by atoms with Gasteiger partial charge in [-0.05, 0) is 63.9 Å². The van der Waals surface area contributed by atoms with E-state index in [-0.39, 0.29) is 17.8 Å². The molecule has 1 aromatic rings. The summed E-state index contributed by atoms with van der Waals surface area (Å²) in [7, 11) is 3.53.